The number of carbonyl (C=O) groups excluding carboxylic acids is 2. The minimum Gasteiger partial charge on any atom is -0.381 e. The molecule has 0 aromatic heterocycles. The van der Waals surface area contributed by atoms with Gasteiger partial charge in [-0.15, -0.1) is 0 Å². The molecule has 4 rings (SSSR count). The molecular weight excluding hydrogens is 368 g/mol. The molecule has 1 aliphatic carbocycles. The largest absolute Gasteiger partial charge is 0.381 e. The van der Waals surface area contributed by atoms with Gasteiger partial charge in [0.2, 0.25) is 11.8 Å². The smallest absolute Gasteiger partial charge is 0.242 e. The highest BCUT2D eigenvalue weighted by Gasteiger charge is 2.37. The maximum atomic E-state index is 13.1. The topological polar surface area (TPSA) is 59.1 Å². The predicted octanol–water partition coefficient (Wildman–Crippen LogP) is 2.61. The van der Waals surface area contributed by atoms with Crippen LogP contribution in [0.1, 0.15) is 44.1 Å². The third-order valence-corrected chi connectivity index (χ3v) is 6.41. The lowest BCUT2D eigenvalue weighted by Crippen LogP contribution is -2.46. The second kappa shape index (κ2) is 9.72. The van der Waals surface area contributed by atoms with Crippen molar-refractivity contribution in [3.63, 3.8) is 0 Å². The van der Waals surface area contributed by atoms with Crippen LogP contribution in [0.5, 0.6) is 0 Å². The number of hydrogen-bond donors (Lipinski definition) is 0. The Morgan fingerprint density at radius 1 is 1.07 bits per heavy atom. The summed E-state index contributed by atoms with van der Waals surface area (Å²) in [4.78, 5) is 29.9. The lowest BCUT2D eigenvalue weighted by atomic mass is 9.94. The summed E-state index contributed by atoms with van der Waals surface area (Å²) in [6, 6.07) is 10.4. The summed E-state index contributed by atoms with van der Waals surface area (Å²) in [5.41, 5.74) is 1.11. The van der Waals surface area contributed by atoms with Crippen molar-refractivity contribution in [3.05, 3.63) is 35.9 Å². The first-order chi connectivity index (χ1) is 14.2. The van der Waals surface area contributed by atoms with Crippen molar-refractivity contribution in [2.24, 2.45) is 5.92 Å². The molecule has 0 radical (unpaired) electrons. The molecule has 0 N–H and O–H groups in total. The molecular formula is C23H32N2O4. The Morgan fingerprint density at radius 3 is 2.59 bits per heavy atom. The first kappa shape index (κ1) is 20.4. The van der Waals surface area contributed by atoms with Gasteiger partial charge in [0, 0.05) is 25.7 Å². The minimum absolute atomic E-state index is 0.0367. The molecule has 0 unspecified atom stereocenters. The zero-order valence-electron chi connectivity index (χ0n) is 17.1. The molecule has 0 bridgehead atoms. The Kier molecular flexibility index (Phi) is 6.82. The average Bonchev–Trinajstić information content (AvgIpc) is 3.24. The van der Waals surface area contributed by atoms with Gasteiger partial charge in [-0.1, -0.05) is 49.6 Å². The van der Waals surface area contributed by atoms with Gasteiger partial charge >= 0.3 is 0 Å². The second-order valence-corrected chi connectivity index (χ2v) is 8.54. The number of carbonyl (C=O) groups is 2. The van der Waals surface area contributed by atoms with Crippen molar-refractivity contribution in [1.29, 1.82) is 0 Å². The fraction of sp³-hybridized carbons (Fsp3) is 0.652. The lowest BCUT2D eigenvalue weighted by Gasteiger charge is -2.34. The van der Waals surface area contributed by atoms with Gasteiger partial charge in [0.05, 0.1) is 31.8 Å². The van der Waals surface area contributed by atoms with E-state index in [-0.39, 0.29) is 36.4 Å². The number of nitrogens with zero attached hydrogens (tertiary/aromatic N) is 2. The van der Waals surface area contributed by atoms with E-state index in [9.17, 15) is 9.59 Å². The predicted molar refractivity (Wildman–Crippen MR) is 109 cm³/mol. The van der Waals surface area contributed by atoms with E-state index in [0.29, 0.717) is 32.9 Å². The van der Waals surface area contributed by atoms with Crippen LogP contribution in [-0.2, 0) is 25.7 Å². The fourth-order valence-corrected chi connectivity index (χ4v) is 4.74. The van der Waals surface area contributed by atoms with Crippen LogP contribution in [0.15, 0.2) is 30.3 Å². The molecule has 2 aliphatic heterocycles. The van der Waals surface area contributed by atoms with Crippen LogP contribution in [-0.4, -0.2) is 66.6 Å². The molecule has 2 saturated heterocycles. The average molecular weight is 401 g/mol. The maximum absolute atomic E-state index is 13.1. The third-order valence-electron chi connectivity index (χ3n) is 6.41. The molecule has 2 heterocycles. The molecule has 1 aromatic carbocycles. The number of hydrogen-bond acceptors (Lipinski definition) is 4. The maximum Gasteiger partial charge on any atom is 0.242 e. The van der Waals surface area contributed by atoms with Crippen molar-refractivity contribution in [2.75, 3.05) is 32.8 Å². The first-order valence-corrected chi connectivity index (χ1v) is 11.0. The summed E-state index contributed by atoms with van der Waals surface area (Å²) in [6.45, 7) is 2.79. The molecule has 3 aliphatic rings. The standard InChI is InChI=1S/C23H32N2O4/c26-22-15-24(23(27)19-11-12-28-17-19)13-21(29-16-18-7-3-1-4-8-18)14-25(22)20-9-5-2-6-10-20/h1,3-4,7-8,19-21H,2,5-6,9-17H2/t19-,21-/m0/s1. The monoisotopic (exact) mass is 400 g/mol. The van der Waals surface area contributed by atoms with E-state index in [2.05, 4.69) is 0 Å². The first-order valence-electron chi connectivity index (χ1n) is 11.0. The van der Waals surface area contributed by atoms with Gasteiger partial charge < -0.3 is 19.3 Å². The van der Waals surface area contributed by atoms with Gasteiger partial charge in [0.25, 0.3) is 0 Å². The summed E-state index contributed by atoms with van der Waals surface area (Å²) in [6.07, 6.45) is 6.28. The van der Waals surface area contributed by atoms with Crippen molar-refractivity contribution >= 4 is 11.8 Å². The third kappa shape index (κ3) is 5.17. The van der Waals surface area contributed by atoms with Crippen LogP contribution >= 0.6 is 0 Å². The Hall–Kier alpha value is -1.92. The van der Waals surface area contributed by atoms with E-state index in [0.717, 1.165) is 24.8 Å². The van der Waals surface area contributed by atoms with Crippen LogP contribution in [0.25, 0.3) is 0 Å². The number of amides is 2. The SMILES string of the molecule is O=C([C@H]1CCOC1)N1CC(=O)N(C2CCCCC2)C[C@@H](OCc2ccccc2)C1. The van der Waals surface area contributed by atoms with Crippen LogP contribution in [0.4, 0.5) is 0 Å². The Balaban J connectivity index is 1.48. The molecule has 1 saturated carbocycles. The van der Waals surface area contributed by atoms with Crippen molar-refractivity contribution in [2.45, 2.75) is 57.3 Å². The fourth-order valence-electron chi connectivity index (χ4n) is 4.74. The quantitative estimate of drug-likeness (QED) is 0.762. The van der Waals surface area contributed by atoms with Gasteiger partial charge in [-0.3, -0.25) is 9.59 Å². The van der Waals surface area contributed by atoms with Gasteiger partial charge in [0.1, 0.15) is 0 Å². The lowest BCUT2D eigenvalue weighted by molar-refractivity contribution is -0.142. The summed E-state index contributed by atoms with van der Waals surface area (Å²) >= 11 is 0. The highest BCUT2D eigenvalue weighted by Crippen LogP contribution is 2.26. The van der Waals surface area contributed by atoms with Crippen molar-refractivity contribution in [1.82, 2.24) is 9.80 Å². The summed E-state index contributed by atoms with van der Waals surface area (Å²) in [5, 5.41) is 0. The van der Waals surface area contributed by atoms with E-state index in [1.165, 1.54) is 19.3 Å². The van der Waals surface area contributed by atoms with E-state index in [1.807, 2.05) is 35.2 Å². The van der Waals surface area contributed by atoms with Gasteiger partial charge in [-0.2, -0.15) is 0 Å². The van der Waals surface area contributed by atoms with Gasteiger partial charge in [-0.05, 0) is 24.8 Å². The zero-order chi connectivity index (χ0) is 20.1. The molecule has 3 fully saturated rings. The number of benzene rings is 1. The molecule has 6 heteroatoms. The van der Waals surface area contributed by atoms with Gasteiger partial charge in [0.15, 0.2) is 0 Å². The second-order valence-electron chi connectivity index (χ2n) is 8.54. The molecule has 2 amide bonds. The van der Waals surface area contributed by atoms with E-state index < -0.39 is 0 Å². The highest BCUT2D eigenvalue weighted by atomic mass is 16.5. The normalized spacial score (nSPS) is 26.6. The summed E-state index contributed by atoms with van der Waals surface area (Å²) in [5.74, 6) is -0.0246. The van der Waals surface area contributed by atoms with Crippen molar-refractivity contribution in [3.8, 4) is 0 Å². The van der Waals surface area contributed by atoms with E-state index >= 15 is 0 Å². The van der Waals surface area contributed by atoms with E-state index in [4.69, 9.17) is 9.47 Å². The molecule has 2 atom stereocenters. The van der Waals surface area contributed by atoms with Crippen LogP contribution < -0.4 is 0 Å². The molecule has 1 aromatic rings. The minimum atomic E-state index is -0.171. The Bertz CT molecular complexity index is 683. The molecule has 29 heavy (non-hydrogen) atoms. The number of ether oxygens (including phenoxy) is 2. The Labute approximate surface area is 173 Å². The highest BCUT2D eigenvalue weighted by molar-refractivity contribution is 5.86. The zero-order valence-corrected chi connectivity index (χ0v) is 17.1. The molecule has 158 valence electrons. The summed E-state index contributed by atoms with van der Waals surface area (Å²) < 4.78 is 11.6. The van der Waals surface area contributed by atoms with Crippen molar-refractivity contribution < 1.29 is 19.1 Å². The van der Waals surface area contributed by atoms with Crippen LogP contribution in [0, 0.1) is 5.92 Å². The van der Waals surface area contributed by atoms with Crippen LogP contribution in [0.2, 0.25) is 0 Å². The van der Waals surface area contributed by atoms with E-state index in [1.54, 1.807) is 4.90 Å². The number of rotatable bonds is 5. The van der Waals surface area contributed by atoms with Crippen LogP contribution in [0.3, 0.4) is 0 Å². The summed E-state index contributed by atoms with van der Waals surface area (Å²) in [7, 11) is 0. The molecule has 6 nitrogen and oxygen atoms in total. The van der Waals surface area contributed by atoms with Gasteiger partial charge in [-0.25, -0.2) is 0 Å². The molecule has 0 spiro atoms. The Morgan fingerprint density at radius 2 is 1.86 bits per heavy atom.